The number of aliphatic hydroxyl groups excluding tert-OH is 1. The molecule has 17 heavy (non-hydrogen) atoms. The molecule has 0 spiro atoms. The van der Waals surface area contributed by atoms with Crippen LogP contribution >= 0.6 is 11.6 Å². The van der Waals surface area contributed by atoms with Gasteiger partial charge in [0.05, 0.1) is 23.8 Å². The van der Waals surface area contributed by atoms with Crippen LogP contribution in [0.5, 0.6) is 0 Å². The van der Waals surface area contributed by atoms with E-state index < -0.39 is 18.1 Å². The Balaban J connectivity index is 2.81. The molecule has 0 radical (unpaired) electrons. The number of alkyl halides is 1. The summed E-state index contributed by atoms with van der Waals surface area (Å²) >= 11 is 5.81. The molecular weight excluding hydrogens is 249 g/mol. The van der Waals surface area contributed by atoms with E-state index in [-0.39, 0.29) is 23.7 Å². The van der Waals surface area contributed by atoms with Crippen LogP contribution in [0.15, 0.2) is 6.20 Å². The Kier molecular flexibility index (Phi) is 4.47. The van der Waals surface area contributed by atoms with Gasteiger partial charge in [0.1, 0.15) is 0 Å². The molecule has 1 heterocycles. The van der Waals surface area contributed by atoms with Gasteiger partial charge in [0.15, 0.2) is 5.69 Å². The van der Waals surface area contributed by atoms with Gasteiger partial charge in [-0.3, -0.25) is 13.9 Å². The number of aliphatic hydroxyl groups is 1. The van der Waals surface area contributed by atoms with Gasteiger partial charge in [-0.15, -0.1) is 0 Å². The third kappa shape index (κ3) is 3.41. The number of nitrogens with zero attached hydrogens (tertiary/aromatic N) is 2. The molecule has 1 aromatic rings. The van der Waals surface area contributed by atoms with Crippen LogP contribution in [0, 0.1) is 0 Å². The van der Waals surface area contributed by atoms with Gasteiger partial charge in [-0.25, -0.2) is 0 Å². The van der Waals surface area contributed by atoms with Gasteiger partial charge in [-0.1, -0.05) is 11.6 Å². The van der Waals surface area contributed by atoms with Crippen LogP contribution in [0.3, 0.4) is 0 Å². The van der Waals surface area contributed by atoms with Crippen molar-refractivity contribution in [2.24, 2.45) is 7.05 Å². The number of halogens is 2. The first kappa shape index (κ1) is 13.9. The third-order valence-electron chi connectivity index (χ3n) is 2.41. The molecule has 1 aromatic heterocycles. The van der Waals surface area contributed by atoms with Crippen molar-refractivity contribution in [2.75, 3.05) is 13.3 Å². The largest absolute Gasteiger partial charge is 0.394 e. The predicted octanol–water partition coefficient (Wildman–Crippen LogP) is 0.914. The monoisotopic (exact) mass is 263 g/mol. The highest BCUT2D eigenvalue weighted by molar-refractivity contribution is 6.33. The van der Waals surface area contributed by atoms with Crippen LogP contribution in [0.4, 0.5) is 4.39 Å². The first-order valence-corrected chi connectivity index (χ1v) is 5.48. The van der Waals surface area contributed by atoms with Crippen LogP contribution in [-0.2, 0) is 7.05 Å². The Morgan fingerprint density at radius 3 is 2.82 bits per heavy atom. The maximum atomic E-state index is 12.3. The number of nitrogens with one attached hydrogen (secondary N) is 1. The number of aromatic nitrogens is 2. The highest BCUT2D eigenvalue weighted by Crippen LogP contribution is 2.15. The quantitative estimate of drug-likeness (QED) is 0.830. The Labute approximate surface area is 104 Å². The Hall–Kier alpha value is -1.14. The minimum atomic E-state index is -1.01. The molecule has 0 aliphatic rings. The lowest BCUT2D eigenvalue weighted by Crippen LogP contribution is -2.49. The van der Waals surface area contributed by atoms with E-state index in [0.717, 1.165) is 0 Å². The molecule has 0 saturated heterocycles. The molecule has 1 amide bonds. The molecule has 5 nitrogen and oxygen atoms in total. The fourth-order valence-electron chi connectivity index (χ4n) is 1.34. The van der Waals surface area contributed by atoms with E-state index in [9.17, 15) is 9.18 Å². The number of amides is 1. The summed E-state index contributed by atoms with van der Waals surface area (Å²) in [5.74, 6) is -0.527. The third-order valence-corrected chi connectivity index (χ3v) is 2.69. The maximum Gasteiger partial charge on any atom is 0.273 e. The van der Waals surface area contributed by atoms with Gasteiger partial charge in [0.25, 0.3) is 5.91 Å². The number of hydrogen-bond donors (Lipinski definition) is 2. The molecule has 0 aromatic carbocycles. The summed E-state index contributed by atoms with van der Waals surface area (Å²) in [6.45, 7) is 0.571. The molecule has 1 rings (SSSR count). The molecular formula is C10H15ClFN3O2. The van der Waals surface area contributed by atoms with Crippen LogP contribution in [-0.4, -0.2) is 39.6 Å². The summed E-state index contributed by atoms with van der Waals surface area (Å²) in [5.41, 5.74) is -0.945. The lowest BCUT2D eigenvalue weighted by molar-refractivity contribution is 0.0827. The van der Waals surface area contributed by atoms with E-state index in [4.69, 9.17) is 16.7 Å². The van der Waals surface area contributed by atoms with Crippen molar-refractivity contribution < 1.29 is 14.3 Å². The summed E-state index contributed by atoms with van der Waals surface area (Å²) < 4.78 is 13.7. The maximum absolute atomic E-state index is 12.3. The van der Waals surface area contributed by atoms with Crippen molar-refractivity contribution in [1.29, 1.82) is 0 Å². The molecule has 0 fully saturated rings. The summed E-state index contributed by atoms with van der Waals surface area (Å²) in [6, 6.07) is 0. The van der Waals surface area contributed by atoms with E-state index >= 15 is 0 Å². The second kappa shape index (κ2) is 5.46. The van der Waals surface area contributed by atoms with Gasteiger partial charge in [0.2, 0.25) is 0 Å². The lowest BCUT2D eigenvalue weighted by atomic mass is 9.99. The number of rotatable bonds is 5. The zero-order valence-electron chi connectivity index (χ0n) is 9.70. The van der Waals surface area contributed by atoms with Crippen molar-refractivity contribution >= 4 is 17.5 Å². The molecule has 0 aliphatic carbocycles. The van der Waals surface area contributed by atoms with E-state index in [1.165, 1.54) is 10.9 Å². The number of aryl methyl sites for hydroxylation is 1. The molecule has 2 N–H and O–H groups in total. The van der Waals surface area contributed by atoms with E-state index in [1.807, 2.05) is 0 Å². The predicted molar refractivity (Wildman–Crippen MR) is 61.8 cm³/mol. The Morgan fingerprint density at radius 2 is 2.41 bits per heavy atom. The number of hydrogen-bond acceptors (Lipinski definition) is 3. The normalized spacial score (nSPS) is 14.4. The highest BCUT2D eigenvalue weighted by Gasteiger charge is 2.27. The number of carbonyl (C=O) groups excluding carboxylic acids is 1. The van der Waals surface area contributed by atoms with Crippen LogP contribution in [0.1, 0.15) is 23.8 Å². The number of carbonyl (C=O) groups is 1. The molecule has 1 unspecified atom stereocenters. The fraction of sp³-hybridized carbons (Fsp3) is 0.600. The second-order valence-electron chi connectivity index (χ2n) is 4.11. The minimum Gasteiger partial charge on any atom is -0.394 e. The average Bonchev–Trinajstić information content (AvgIpc) is 2.58. The summed E-state index contributed by atoms with van der Waals surface area (Å²) in [5, 5.41) is 15.8. The summed E-state index contributed by atoms with van der Waals surface area (Å²) in [6.07, 6.45) is 1.52. The van der Waals surface area contributed by atoms with Gasteiger partial charge < -0.3 is 10.4 Å². The van der Waals surface area contributed by atoms with Gasteiger partial charge >= 0.3 is 0 Å². The van der Waals surface area contributed by atoms with Crippen LogP contribution in [0.2, 0.25) is 5.02 Å². The smallest absolute Gasteiger partial charge is 0.273 e. The van der Waals surface area contributed by atoms with Gasteiger partial charge in [0, 0.05) is 19.7 Å². The standard InChI is InChI=1S/C10H15ClFN3O2/c1-10(6-16,3-4-12)13-9(17)8-7(11)5-15(2)14-8/h5,16H,3-4,6H2,1-2H3,(H,13,17). The minimum absolute atomic E-state index is 0.0275. The Bertz CT molecular complexity index is 410. The molecule has 96 valence electrons. The van der Waals surface area contributed by atoms with Crippen molar-refractivity contribution in [2.45, 2.75) is 18.9 Å². The second-order valence-corrected chi connectivity index (χ2v) is 4.52. The van der Waals surface area contributed by atoms with E-state index in [0.29, 0.717) is 0 Å². The average molecular weight is 264 g/mol. The molecule has 0 saturated carbocycles. The van der Waals surface area contributed by atoms with Crippen molar-refractivity contribution in [3.8, 4) is 0 Å². The zero-order chi connectivity index (χ0) is 13.1. The summed E-state index contributed by atoms with van der Waals surface area (Å²) in [4.78, 5) is 11.8. The van der Waals surface area contributed by atoms with Crippen LogP contribution < -0.4 is 5.32 Å². The lowest BCUT2D eigenvalue weighted by Gasteiger charge is -2.27. The summed E-state index contributed by atoms with van der Waals surface area (Å²) in [7, 11) is 1.63. The van der Waals surface area contributed by atoms with Crippen LogP contribution in [0.25, 0.3) is 0 Å². The van der Waals surface area contributed by atoms with Crippen molar-refractivity contribution in [3.05, 3.63) is 16.9 Å². The topological polar surface area (TPSA) is 67.2 Å². The van der Waals surface area contributed by atoms with Gasteiger partial charge in [-0.2, -0.15) is 5.10 Å². The van der Waals surface area contributed by atoms with Crippen molar-refractivity contribution in [3.63, 3.8) is 0 Å². The first-order chi connectivity index (χ1) is 7.91. The van der Waals surface area contributed by atoms with E-state index in [2.05, 4.69) is 10.4 Å². The molecule has 0 bridgehead atoms. The Morgan fingerprint density at radius 1 is 1.76 bits per heavy atom. The molecule has 1 atom stereocenters. The fourth-order valence-corrected chi connectivity index (χ4v) is 1.60. The SMILES string of the molecule is Cn1cc(Cl)c(C(=O)NC(C)(CO)CCF)n1. The zero-order valence-corrected chi connectivity index (χ0v) is 10.5. The first-order valence-electron chi connectivity index (χ1n) is 5.10. The van der Waals surface area contributed by atoms with Crippen molar-refractivity contribution in [1.82, 2.24) is 15.1 Å². The van der Waals surface area contributed by atoms with Gasteiger partial charge in [-0.05, 0) is 6.92 Å². The molecule has 7 heteroatoms. The van der Waals surface area contributed by atoms with E-state index in [1.54, 1.807) is 14.0 Å². The molecule has 0 aliphatic heterocycles. The highest BCUT2D eigenvalue weighted by atomic mass is 35.5.